The van der Waals surface area contributed by atoms with Gasteiger partial charge >= 0.3 is 0 Å². The predicted molar refractivity (Wildman–Crippen MR) is 55.4 cm³/mol. The maximum atomic E-state index is 12.9. The average molecular weight is 256 g/mol. The zero-order chi connectivity index (χ0) is 13.3. The van der Waals surface area contributed by atoms with Crippen molar-refractivity contribution in [2.75, 3.05) is 5.32 Å². The van der Waals surface area contributed by atoms with Gasteiger partial charge in [-0.3, -0.25) is 9.89 Å². The number of hydrogen-bond donors (Lipinski definition) is 2. The molecule has 0 aliphatic rings. The van der Waals surface area contributed by atoms with Crippen LogP contribution < -0.4 is 5.32 Å². The molecule has 2 aromatic rings. The fourth-order valence-electron chi connectivity index (χ4n) is 1.26. The molecule has 5 nitrogen and oxygen atoms in total. The van der Waals surface area contributed by atoms with Crippen molar-refractivity contribution in [2.45, 2.75) is 6.92 Å². The van der Waals surface area contributed by atoms with Crippen molar-refractivity contribution in [3.63, 3.8) is 0 Å². The second kappa shape index (κ2) is 4.47. The molecule has 0 spiro atoms. The highest BCUT2D eigenvalue weighted by atomic mass is 19.2. The van der Waals surface area contributed by atoms with Gasteiger partial charge in [0.1, 0.15) is 5.82 Å². The summed E-state index contributed by atoms with van der Waals surface area (Å²) in [5.74, 6) is -4.91. The number of anilines is 1. The number of carbonyl (C=O) groups excluding carboxylic acids is 1. The SMILES string of the molecule is Cc1nc(C(=O)Nc2cc(F)c(F)c(F)c2)n[nH]1. The maximum absolute atomic E-state index is 12.9. The summed E-state index contributed by atoms with van der Waals surface area (Å²) in [6, 6.07) is 1.33. The van der Waals surface area contributed by atoms with Crippen molar-refractivity contribution in [1.82, 2.24) is 15.2 Å². The Kier molecular flexibility index (Phi) is 3.00. The molecule has 0 saturated carbocycles. The molecule has 18 heavy (non-hydrogen) atoms. The number of aryl methyl sites for hydroxylation is 1. The first-order chi connectivity index (χ1) is 8.47. The first kappa shape index (κ1) is 12.1. The summed E-state index contributed by atoms with van der Waals surface area (Å²) in [5.41, 5.74) is -0.223. The summed E-state index contributed by atoms with van der Waals surface area (Å²) in [4.78, 5) is 15.3. The van der Waals surface area contributed by atoms with E-state index in [2.05, 4.69) is 20.5 Å². The summed E-state index contributed by atoms with van der Waals surface area (Å²) in [6.45, 7) is 1.58. The van der Waals surface area contributed by atoms with Gasteiger partial charge in [-0.1, -0.05) is 0 Å². The van der Waals surface area contributed by atoms with E-state index in [-0.39, 0.29) is 11.5 Å². The molecule has 1 amide bonds. The second-order valence-electron chi connectivity index (χ2n) is 3.45. The standard InChI is InChI=1S/C10H7F3N4O/c1-4-14-9(17-16-4)10(18)15-5-2-6(11)8(13)7(12)3-5/h2-3H,1H3,(H,15,18)(H,14,16,17). The minimum Gasteiger partial charge on any atom is -0.319 e. The number of H-pyrrole nitrogens is 1. The fraction of sp³-hybridized carbons (Fsp3) is 0.100. The Labute approximate surface area is 99.0 Å². The van der Waals surface area contributed by atoms with Gasteiger partial charge in [-0.05, 0) is 6.92 Å². The lowest BCUT2D eigenvalue weighted by Gasteiger charge is -2.03. The number of aromatic nitrogens is 3. The van der Waals surface area contributed by atoms with Gasteiger partial charge in [-0.25, -0.2) is 18.2 Å². The number of halogens is 3. The lowest BCUT2D eigenvalue weighted by Crippen LogP contribution is -2.14. The normalized spacial score (nSPS) is 10.4. The zero-order valence-electron chi connectivity index (χ0n) is 9.09. The molecule has 0 aliphatic heterocycles. The van der Waals surface area contributed by atoms with Crippen molar-refractivity contribution in [2.24, 2.45) is 0 Å². The van der Waals surface area contributed by atoms with E-state index in [1.807, 2.05) is 0 Å². The summed E-state index contributed by atoms with van der Waals surface area (Å²) in [7, 11) is 0. The van der Waals surface area contributed by atoms with E-state index in [9.17, 15) is 18.0 Å². The molecule has 94 valence electrons. The molecule has 0 bridgehead atoms. The minimum absolute atomic E-state index is 0.183. The van der Waals surface area contributed by atoms with Gasteiger partial charge in [0.15, 0.2) is 17.5 Å². The van der Waals surface area contributed by atoms with Crippen LogP contribution in [-0.4, -0.2) is 21.1 Å². The van der Waals surface area contributed by atoms with Gasteiger partial charge in [-0.2, -0.15) is 0 Å². The Hall–Kier alpha value is -2.38. The average Bonchev–Trinajstić information content (AvgIpc) is 2.72. The summed E-state index contributed by atoms with van der Waals surface area (Å²) in [6.07, 6.45) is 0. The minimum atomic E-state index is -1.60. The molecular weight excluding hydrogens is 249 g/mol. The third-order valence-corrected chi connectivity index (χ3v) is 2.04. The Morgan fingerprint density at radius 1 is 1.28 bits per heavy atom. The van der Waals surface area contributed by atoms with E-state index in [0.717, 1.165) is 0 Å². The number of carbonyl (C=O) groups is 1. The molecule has 1 aromatic heterocycles. The maximum Gasteiger partial charge on any atom is 0.295 e. The largest absolute Gasteiger partial charge is 0.319 e. The second-order valence-corrected chi connectivity index (χ2v) is 3.45. The van der Waals surface area contributed by atoms with Crippen LogP contribution in [0.5, 0.6) is 0 Å². The molecule has 1 aromatic carbocycles. The van der Waals surface area contributed by atoms with E-state index < -0.39 is 23.4 Å². The van der Waals surface area contributed by atoms with Crippen LogP contribution in [0.3, 0.4) is 0 Å². The Bertz CT molecular complexity index is 588. The van der Waals surface area contributed by atoms with Gasteiger partial charge in [0.25, 0.3) is 5.91 Å². The highest BCUT2D eigenvalue weighted by Gasteiger charge is 2.15. The molecule has 0 saturated heterocycles. The summed E-state index contributed by atoms with van der Waals surface area (Å²) < 4.78 is 38.5. The monoisotopic (exact) mass is 256 g/mol. The number of aromatic amines is 1. The van der Waals surface area contributed by atoms with Gasteiger partial charge in [0.2, 0.25) is 5.82 Å². The summed E-state index contributed by atoms with van der Waals surface area (Å²) >= 11 is 0. The first-order valence-corrected chi connectivity index (χ1v) is 4.82. The number of amides is 1. The van der Waals surface area contributed by atoms with Crippen molar-refractivity contribution >= 4 is 11.6 Å². The molecule has 0 fully saturated rings. The smallest absolute Gasteiger partial charge is 0.295 e. The van der Waals surface area contributed by atoms with Crippen LogP contribution in [0.25, 0.3) is 0 Å². The van der Waals surface area contributed by atoms with Gasteiger partial charge in [-0.15, -0.1) is 5.10 Å². The number of rotatable bonds is 2. The van der Waals surface area contributed by atoms with Gasteiger partial charge < -0.3 is 5.32 Å². The van der Waals surface area contributed by atoms with Crippen LogP contribution in [0.15, 0.2) is 12.1 Å². The van der Waals surface area contributed by atoms with Gasteiger partial charge in [0.05, 0.1) is 0 Å². The third-order valence-electron chi connectivity index (χ3n) is 2.04. The fourth-order valence-corrected chi connectivity index (χ4v) is 1.26. The lowest BCUT2D eigenvalue weighted by atomic mass is 10.3. The van der Waals surface area contributed by atoms with E-state index in [4.69, 9.17) is 0 Å². The molecule has 2 rings (SSSR count). The third kappa shape index (κ3) is 2.31. The Morgan fingerprint density at radius 2 is 1.89 bits per heavy atom. The number of benzene rings is 1. The van der Waals surface area contributed by atoms with Crippen LogP contribution in [0.2, 0.25) is 0 Å². The van der Waals surface area contributed by atoms with Crippen LogP contribution in [0.1, 0.15) is 16.4 Å². The van der Waals surface area contributed by atoms with Crippen molar-refractivity contribution < 1.29 is 18.0 Å². The van der Waals surface area contributed by atoms with Crippen LogP contribution in [-0.2, 0) is 0 Å². The van der Waals surface area contributed by atoms with Crippen LogP contribution in [0.4, 0.5) is 18.9 Å². The highest BCUT2D eigenvalue weighted by Crippen LogP contribution is 2.17. The van der Waals surface area contributed by atoms with E-state index in [1.165, 1.54) is 0 Å². The molecule has 0 radical (unpaired) electrons. The molecule has 0 unspecified atom stereocenters. The molecule has 0 aliphatic carbocycles. The van der Waals surface area contributed by atoms with E-state index in [1.54, 1.807) is 6.92 Å². The highest BCUT2D eigenvalue weighted by molar-refractivity contribution is 6.01. The molecule has 8 heteroatoms. The van der Waals surface area contributed by atoms with Gasteiger partial charge in [0, 0.05) is 17.8 Å². The quantitative estimate of drug-likeness (QED) is 0.804. The number of nitrogens with one attached hydrogen (secondary N) is 2. The summed E-state index contributed by atoms with van der Waals surface area (Å²) in [5, 5.41) is 8.15. The molecule has 1 heterocycles. The van der Waals surface area contributed by atoms with Crippen molar-refractivity contribution in [1.29, 1.82) is 0 Å². The molecule has 0 atom stereocenters. The Morgan fingerprint density at radius 3 is 2.39 bits per heavy atom. The van der Waals surface area contributed by atoms with E-state index in [0.29, 0.717) is 18.0 Å². The van der Waals surface area contributed by atoms with Crippen LogP contribution >= 0.6 is 0 Å². The van der Waals surface area contributed by atoms with Crippen LogP contribution in [0, 0.1) is 24.4 Å². The number of hydrogen-bond acceptors (Lipinski definition) is 3. The van der Waals surface area contributed by atoms with Crippen molar-refractivity contribution in [3.05, 3.63) is 41.2 Å². The molecular formula is C10H7F3N4O. The molecule has 2 N–H and O–H groups in total. The zero-order valence-corrected chi connectivity index (χ0v) is 9.09. The number of nitrogens with zero attached hydrogens (tertiary/aromatic N) is 2. The van der Waals surface area contributed by atoms with E-state index >= 15 is 0 Å². The van der Waals surface area contributed by atoms with Crippen molar-refractivity contribution in [3.8, 4) is 0 Å². The lowest BCUT2D eigenvalue weighted by molar-refractivity contribution is 0.101. The topological polar surface area (TPSA) is 70.7 Å². The Balaban J connectivity index is 2.22. The predicted octanol–water partition coefficient (Wildman–Crippen LogP) is 1.78. The first-order valence-electron chi connectivity index (χ1n) is 4.82.